The zero-order valence-electron chi connectivity index (χ0n) is 35.8. The van der Waals surface area contributed by atoms with Crippen LogP contribution < -0.4 is 0 Å². The molecule has 11 heteroatoms. The maximum atomic E-state index is 13.5. The molecule has 3 aliphatic rings. The Balaban J connectivity index is 1.99. The monoisotopic (exact) mass is 791 g/mol. The van der Waals surface area contributed by atoms with Crippen molar-refractivity contribution in [3.63, 3.8) is 0 Å². The summed E-state index contributed by atoms with van der Waals surface area (Å²) in [5.41, 5.74) is -2.18. The lowest BCUT2D eigenvalue weighted by Gasteiger charge is -2.55. The summed E-state index contributed by atoms with van der Waals surface area (Å²) >= 11 is 0. The number of ether oxygens (including phenoxy) is 3. The number of fused-ring (bicyclic) bond motifs is 2. The van der Waals surface area contributed by atoms with Crippen LogP contribution in [0.4, 0.5) is 0 Å². The first-order valence-electron chi connectivity index (χ1n) is 21.2. The van der Waals surface area contributed by atoms with Crippen LogP contribution in [0.15, 0.2) is 36.5 Å². The number of aliphatic hydroxyl groups excluding tert-OH is 4. The number of ketones is 2. The van der Waals surface area contributed by atoms with Crippen molar-refractivity contribution >= 4 is 17.5 Å². The molecule has 0 unspecified atom stereocenters. The number of Topliss-reactive ketones (excluding diaryl/α,β-unsaturated/α-hetero) is 2. The second-order valence-corrected chi connectivity index (χ2v) is 18.0. The Morgan fingerprint density at radius 2 is 1.48 bits per heavy atom. The number of hydrogen-bond acceptors (Lipinski definition) is 11. The predicted molar refractivity (Wildman–Crippen MR) is 215 cm³/mol. The van der Waals surface area contributed by atoms with Gasteiger partial charge < -0.3 is 39.7 Å². The van der Waals surface area contributed by atoms with E-state index in [1.807, 2.05) is 32.1 Å². The Labute approximate surface area is 336 Å². The molecule has 3 rings (SSSR count). The lowest BCUT2D eigenvalue weighted by molar-refractivity contribution is -0.371. The van der Waals surface area contributed by atoms with E-state index in [2.05, 4.69) is 19.9 Å². The summed E-state index contributed by atoms with van der Waals surface area (Å²) in [5.74, 6) is -7.28. The summed E-state index contributed by atoms with van der Waals surface area (Å²) in [6.45, 7) is 19.1. The van der Waals surface area contributed by atoms with Crippen LogP contribution in [0.5, 0.6) is 0 Å². The van der Waals surface area contributed by atoms with E-state index >= 15 is 0 Å². The highest BCUT2D eigenvalue weighted by Crippen LogP contribution is 2.49. The molecule has 0 aliphatic carbocycles. The summed E-state index contributed by atoms with van der Waals surface area (Å²) in [7, 11) is 0. The van der Waals surface area contributed by atoms with Crippen molar-refractivity contribution in [3.8, 4) is 0 Å². The third-order valence-corrected chi connectivity index (χ3v) is 13.4. The molecule has 320 valence electrons. The number of esters is 1. The number of carbonyl (C=O) groups is 3. The molecule has 0 saturated carbocycles. The molecule has 1 spiro atoms. The van der Waals surface area contributed by atoms with E-state index in [1.54, 1.807) is 20.8 Å². The number of carbonyl (C=O) groups excluding carboxylic acids is 3. The van der Waals surface area contributed by atoms with Gasteiger partial charge in [-0.15, -0.1) is 0 Å². The molecule has 0 aromatic heterocycles. The zero-order chi connectivity index (χ0) is 42.3. The largest absolute Gasteiger partial charge is 0.458 e. The first-order chi connectivity index (χ1) is 26.1. The highest BCUT2D eigenvalue weighted by Gasteiger charge is 2.56. The lowest BCUT2D eigenvalue weighted by atomic mass is 9.74. The quantitative estimate of drug-likeness (QED) is 0.216. The smallest absolute Gasteiger partial charge is 0.330 e. The molecule has 0 amide bonds. The number of aliphatic hydroxyl groups is 5. The van der Waals surface area contributed by atoms with Crippen molar-refractivity contribution in [1.82, 2.24) is 0 Å². The zero-order valence-corrected chi connectivity index (χ0v) is 35.8. The third-order valence-electron chi connectivity index (χ3n) is 13.4. The van der Waals surface area contributed by atoms with E-state index < -0.39 is 89.0 Å². The van der Waals surface area contributed by atoms with E-state index in [0.717, 1.165) is 19.3 Å². The van der Waals surface area contributed by atoms with Crippen LogP contribution in [0.1, 0.15) is 121 Å². The van der Waals surface area contributed by atoms with Gasteiger partial charge in [-0.05, 0) is 70.1 Å². The van der Waals surface area contributed by atoms with Crippen molar-refractivity contribution in [2.24, 2.45) is 53.3 Å². The molecule has 0 aromatic carbocycles. The molecule has 11 nitrogen and oxygen atoms in total. The van der Waals surface area contributed by atoms with Gasteiger partial charge in [-0.2, -0.15) is 0 Å². The SMILES string of the molecule is CC[C@@H]1/C=C/C=C/C[C@H](C)[C@H](O)[C@](C)(O)C(=O)[C@H](C)[C@@H](O)[C@H](C)C(=O)[C@@H](C)[C@@H](O)[C@H](C)/C=C/C(=O)O[C@H]2[C@@H](C)[C@@H](CC1)O[C@@]1(CC[C@@H](C)[C@@H](C[C@@H](C)O)O1)[C@@H]2C. The van der Waals surface area contributed by atoms with Gasteiger partial charge in [0.15, 0.2) is 11.6 Å². The van der Waals surface area contributed by atoms with Crippen molar-refractivity contribution < 1.29 is 54.1 Å². The number of rotatable bonds is 3. The average molecular weight is 791 g/mol. The molecule has 2 bridgehead atoms. The van der Waals surface area contributed by atoms with Crippen molar-refractivity contribution in [3.05, 3.63) is 36.5 Å². The van der Waals surface area contributed by atoms with E-state index in [4.69, 9.17) is 14.2 Å². The maximum absolute atomic E-state index is 13.5. The molecule has 0 aromatic rings. The van der Waals surface area contributed by atoms with Crippen LogP contribution in [0.3, 0.4) is 0 Å². The van der Waals surface area contributed by atoms with Gasteiger partial charge in [-0.25, -0.2) is 4.79 Å². The van der Waals surface area contributed by atoms with Crippen LogP contribution in [-0.2, 0) is 28.6 Å². The Morgan fingerprint density at radius 1 is 0.839 bits per heavy atom. The van der Waals surface area contributed by atoms with Gasteiger partial charge in [0.25, 0.3) is 0 Å². The van der Waals surface area contributed by atoms with Gasteiger partial charge >= 0.3 is 5.97 Å². The predicted octanol–water partition coefficient (Wildman–Crippen LogP) is 5.88. The standard InChI is InChI=1S/C45H74O11/c1-12-34-17-15-13-14-16-27(4)42(51)44(11,53)43(52)32(9)40(50)31(8)39(49)30(7)38(48)26(3)18-21-37(47)54-41-29(6)35(20-19-34)55-45(33(41)10)23-22-25(2)36(56-45)24-28(5)46/h13-15,17-18,21,25-36,38,40-42,46,48,50-51,53H,12,16,19-20,22-24H2,1-11H3/b14-13+,17-15+,21-18+/t25-,26-,27+,28-,29+,30+,31-,32-,33-,34-,35-,36-,38+,40+,41+,42+,44+,45-/m1/s1. The minimum atomic E-state index is -2.18. The average Bonchev–Trinajstić information content (AvgIpc) is 3.16. The van der Waals surface area contributed by atoms with Crippen LogP contribution >= 0.6 is 0 Å². The lowest BCUT2D eigenvalue weighted by Crippen LogP contribution is -2.62. The summed E-state index contributed by atoms with van der Waals surface area (Å²) in [6.07, 6.45) is 9.62. The highest BCUT2D eigenvalue weighted by molar-refractivity contribution is 5.91. The van der Waals surface area contributed by atoms with Gasteiger partial charge in [0.05, 0.1) is 36.6 Å². The second kappa shape index (κ2) is 20.6. The summed E-state index contributed by atoms with van der Waals surface area (Å²) in [6, 6.07) is 0. The summed E-state index contributed by atoms with van der Waals surface area (Å²) in [5, 5.41) is 55.0. The van der Waals surface area contributed by atoms with E-state index in [-0.39, 0.29) is 35.9 Å². The fraction of sp³-hybridized carbons (Fsp3) is 0.800. The maximum Gasteiger partial charge on any atom is 0.330 e. The molecule has 56 heavy (non-hydrogen) atoms. The molecular formula is C45H74O11. The fourth-order valence-corrected chi connectivity index (χ4v) is 9.01. The third kappa shape index (κ3) is 11.5. The van der Waals surface area contributed by atoms with Crippen molar-refractivity contribution in [2.75, 3.05) is 0 Å². The van der Waals surface area contributed by atoms with E-state index in [9.17, 15) is 39.9 Å². The first-order valence-corrected chi connectivity index (χ1v) is 21.2. The van der Waals surface area contributed by atoms with Crippen molar-refractivity contribution in [1.29, 1.82) is 0 Å². The van der Waals surface area contributed by atoms with Gasteiger partial charge in [-0.3, -0.25) is 9.59 Å². The normalized spacial score (nSPS) is 46.8. The fourth-order valence-electron chi connectivity index (χ4n) is 9.01. The van der Waals surface area contributed by atoms with Crippen LogP contribution in [-0.4, -0.2) is 97.2 Å². The Kier molecular flexibility index (Phi) is 17.7. The Hall–Kier alpha value is -2.25. The molecule has 2 fully saturated rings. The summed E-state index contributed by atoms with van der Waals surface area (Å²) < 4.78 is 20.0. The molecular weight excluding hydrogens is 716 g/mol. The number of allylic oxidation sites excluding steroid dienone is 4. The van der Waals surface area contributed by atoms with Crippen LogP contribution in [0, 0.1) is 53.3 Å². The minimum Gasteiger partial charge on any atom is -0.458 e. The molecule has 2 saturated heterocycles. The molecule has 5 N–H and O–H groups in total. The highest BCUT2D eigenvalue weighted by atomic mass is 16.7. The summed E-state index contributed by atoms with van der Waals surface area (Å²) in [4.78, 5) is 40.5. The molecule has 3 heterocycles. The van der Waals surface area contributed by atoms with E-state index in [0.29, 0.717) is 25.7 Å². The van der Waals surface area contributed by atoms with Gasteiger partial charge in [-0.1, -0.05) is 92.7 Å². The number of hydrogen-bond donors (Lipinski definition) is 5. The Morgan fingerprint density at radius 3 is 2.11 bits per heavy atom. The van der Waals surface area contributed by atoms with E-state index in [1.165, 1.54) is 39.8 Å². The van der Waals surface area contributed by atoms with Gasteiger partial charge in [0.1, 0.15) is 17.5 Å². The first kappa shape index (κ1) is 48.1. The van der Waals surface area contributed by atoms with Gasteiger partial charge in [0, 0.05) is 48.0 Å². The minimum absolute atomic E-state index is 0.168. The van der Waals surface area contributed by atoms with Crippen molar-refractivity contribution in [2.45, 2.75) is 175 Å². The Bertz CT molecular complexity index is 1390. The molecule has 18 atom stereocenters. The molecule has 0 radical (unpaired) electrons. The van der Waals surface area contributed by atoms with Gasteiger partial charge in [0.2, 0.25) is 0 Å². The second-order valence-electron chi connectivity index (χ2n) is 18.0. The van der Waals surface area contributed by atoms with Crippen LogP contribution in [0.25, 0.3) is 0 Å². The topological polar surface area (TPSA) is 180 Å². The molecule has 3 aliphatic heterocycles. The van der Waals surface area contributed by atoms with Crippen LogP contribution in [0.2, 0.25) is 0 Å².